The molecule has 1 aromatic carbocycles. The fourth-order valence-electron chi connectivity index (χ4n) is 1.44. The van der Waals surface area contributed by atoms with E-state index >= 15 is 0 Å². The molecule has 0 saturated carbocycles. The molecule has 78 valence electrons. The standard InChI is InChI=1S/C12H11BrO2/c1-8-2-4-11(13)10(6-8)12-5-3-9(7-14)15-12/h2-6,14H,7H2,1H3. The van der Waals surface area contributed by atoms with Crippen LogP contribution < -0.4 is 0 Å². The molecule has 15 heavy (non-hydrogen) atoms. The second-order valence-corrected chi connectivity index (χ2v) is 4.26. The zero-order valence-electron chi connectivity index (χ0n) is 8.33. The Balaban J connectivity index is 2.48. The molecule has 2 nitrogen and oxygen atoms in total. The van der Waals surface area contributed by atoms with E-state index in [2.05, 4.69) is 15.9 Å². The highest BCUT2D eigenvalue weighted by molar-refractivity contribution is 9.10. The number of aliphatic hydroxyl groups excluding tert-OH is 1. The first kappa shape index (κ1) is 10.5. The number of furan rings is 1. The first-order valence-corrected chi connectivity index (χ1v) is 5.46. The first-order valence-electron chi connectivity index (χ1n) is 4.67. The van der Waals surface area contributed by atoms with Crippen molar-refractivity contribution in [1.29, 1.82) is 0 Å². The van der Waals surface area contributed by atoms with Crippen molar-refractivity contribution >= 4 is 15.9 Å². The van der Waals surface area contributed by atoms with Crippen molar-refractivity contribution in [2.75, 3.05) is 0 Å². The molecule has 3 heteroatoms. The lowest BCUT2D eigenvalue weighted by atomic mass is 10.1. The minimum absolute atomic E-state index is 0.0660. The Morgan fingerprint density at radius 1 is 1.27 bits per heavy atom. The third-order valence-corrected chi connectivity index (χ3v) is 2.90. The lowest BCUT2D eigenvalue weighted by molar-refractivity contribution is 0.248. The summed E-state index contributed by atoms with van der Waals surface area (Å²) in [6.45, 7) is 1.97. The van der Waals surface area contributed by atoms with E-state index in [0.717, 1.165) is 15.8 Å². The Labute approximate surface area is 96.7 Å². The van der Waals surface area contributed by atoms with Gasteiger partial charge >= 0.3 is 0 Å². The smallest absolute Gasteiger partial charge is 0.135 e. The Bertz CT molecular complexity index is 474. The van der Waals surface area contributed by atoms with E-state index in [1.165, 1.54) is 5.56 Å². The molecule has 0 aliphatic carbocycles. The van der Waals surface area contributed by atoms with E-state index in [0.29, 0.717) is 5.76 Å². The van der Waals surface area contributed by atoms with Gasteiger partial charge in [0.25, 0.3) is 0 Å². The maximum Gasteiger partial charge on any atom is 0.135 e. The molecule has 0 spiro atoms. The van der Waals surface area contributed by atoms with Crippen LogP contribution in [0, 0.1) is 6.92 Å². The van der Waals surface area contributed by atoms with E-state index in [4.69, 9.17) is 9.52 Å². The Hall–Kier alpha value is -1.06. The molecular formula is C12H11BrO2. The second-order valence-electron chi connectivity index (χ2n) is 3.41. The summed E-state index contributed by atoms with van der Waals surface area (Å²) in [6.07, 6.45) is 0. The summed E-state index contributed by atoms with van der Waals surface area (Å²) in [5.74, 6) is 1.35. The molecule has 0 saturated heterocycles. The summed E-state index contributed by atoms with van der Waals surface area (Å²) in [7, 11) is 0. The molecule has 2 aromatic rings. The largest absolute Gasteiger partial charge is 0.459 e. The van der Waals surface area contributed by atoms with E-state index in [1.807, 2.05) is 31.2 Å². The fourth-order valence-corrected chi connectivity index (χ4v) is 1.88. The van der Waals surface area contributed by atoms with E-state index < -0.39 is 0 Å². The van der Waals surface area contributed by atoms with Gasteiger partial charge in [-0.05, 0) is 31.2 Å². The van der Waals surface area contributed by atoms with Crippen molar-refractivity contribution in [3.05, 3.63) is 46.1 Å². The van der Waals surface area contributed by atoms with Gasteiger partial charge in [-0.1, -0.05) is 27.6 Å². The fraction of sp³-hybridized carbons (Fsp3) is 0.167. The van der Waals surface area contributed by atoms with Gasteiger partial charge in [0.2, 0.25) is 0 Å². The SMILES string of the molecule is Cc1ccc(Br)c(-c2ccc(CO)o2)c1. The van der Waals surface area contributed by atoms with Gasteiger partial charge < -0.3 is 9.52 Å². The predicted molar refractivity (Wildman–Crippen MR) is 62.5 cm³/mol. The number of benzene rings is 1. The minimum atomic E-state index is -0.0660. The van der Waals surface area contributed by atoms with Gasteiger partial charge in [0.15, 0.2) is 0 Å². The van der Waals surface area contributed by atoms with Crippen LogP contribution in [0.1, 0.15) is 11.3 Å². The summed E-state index contributed by atoms with van der Waals surface area (Å²) in [6, 6.07) is 9.72. The van der Waals surface area contributed by atoms with Gasteiger partial charge in [0.05, 0.1) is 0 Å². The van der Waals surface area contributed by atoms with Crippen molar-refractivity contribution in [3.8, 4) is 11.3 Å². The molecule has 1 N–H and O–H groups in total. The molecule has 1 aromatic heterocycles. The molecule has 0 amide bonds. The van der Waals surface area contributed by atoms with Crippen LogP contribution in [0.25, 0.3) is 11.3 Å². The van der Waals surface area contributed by atoms with Crippen LogP contribution in [-0.2, 0) is 6.61 Å². The zero-order valence-corrected chi connectivity index (χ0v) is 9.91. The molecule has 0 bridgehead atoms. The predicted octanol–water partition coefficient (Wildman–Crippen LogP) is 3.51. The highest BCUT2D eigenvalue weighted by atomic mass is 79.9. The highest BCUT2D eigenvalue weighted by Gasteiger charge is 2.07. The maximum absolute atomic E-state index is 8.92. The van der Waals surface area contributed by atoms with Gasteiger partial charge in [-0.3, -0.25) is 0 Å². The average Bonchev–Trinajstić information content (AvgIpc) is 2.70. The third kappa shape index (κ3) is 2.13. The summed E-state index contributed by atoms with van der Waals surface area (Å²) >= 11 is 3.48. The normalized spacial score (nSPS) is 10.6. The molecule has 0 atom stereocenters. The zero-order chi connectivity index (χ0) is 10.8. The quantitative estimate of drug-likeness (QED) is 0.903. The van der Waals surface area contributed by atoms with E-state index in [1.54, 1.807) is 6.07 Å². The molecule has 0 unspecified atom stereocenters. The van der Waals surface area contributed by atoms with Gasteiger partial charge in [-0.25, -0.2) is 0 Å². The lowest BCUT2D eigenvalue weighted by Gasteiger charge is -2.02. The van der Waals surface area contributed by atoms with Gasteiger partial charge in [-0.2, -0.15) is 0 Å². The van der Waals surface area contributed by atoms with Crippen molar-refractivity contribution in [2.45, 2.75) is 13.5 Å². The summed E-state index contributed by atoms with van der Waals surface area (Å²) < 4.78 is 6.47. The number of halogens is 1. The molecule has 0 aliphatic rings. The van der Waals surface area contributed by atoms with Crippen LogP contribution in [0.4, 0.5) is 0 Å². The Morgan fingerprint density at radius 2 is 2.07 bits per heavy atom. The number of aliphatic hydroxyl groups is 1. The molecule has 1 heterocycles. The van der Waals surface area contributed by atoms with Crippen LogP contribution in [0.5, 0.6) is 0 Å². The number of hydrogen-bond donors (Lipinski definition) is 1. The average molecular weight is 267 g/mol. The van der Waals surface area contributed by atoms with Crippen molar-refractivity contribution in [3.63, 3.8) is 0 Å². The third-order valence-electron chi connectivity index (χ3n) is 2.20. The lowest BCUT2D eigenvalue weighted by Crippen LogP contribution is -1.79. The van der Waals surface area contributed by atoms with Gasteiger partial charge in [0.1, 0.15) is 18.1 Å². The molecule has 0 fully saturated rings. The molecule has 2 rings (SSSR count). The van der Waals surface area contributed by atoms with Gasteiger partial charge in [0, 0.05) is 10.0 Å². The van der Waals surface area contributed by atoms with Gasteiger partial charge in [-0.15, -0.1) is 0 Å². The number of rotatable bonds is 2. The van der Waals surface area contributed by atoms with Crippen LogP contribution >= 0.6 is 15.9 Å². The molecule has 0 radical (unpaired) electrons. The first-order chi connectivity index (χ1) is 7.20. The van der Waals surface area contributed by atoms with Crippen molar-refractivity contribution in [1.82, 2.24) is 0 Å². The summed E-state index contributed by atoms with van der Waals surface area (Å²) in [5, 5.41) is 8.92. The monoisotopic (exact) mass is 266 g/mol. The van der Waals surface area contributed by atoms with Crippen LogP contribution in [0.2, 0.25) is 0 Å². The Kier molecular flexibility index (Phi) is 2.93. The highest BCUT2D eigenvalue weighted by Crippen LogP contribution is 2.30. The van der Waals surface area contributed by atoms with Crippen molar-refractivity contribution in [2.24, 2.45) is 0 Å². The topological polar surface area (TPSA) is 33.4 Å². The van der Waals surface area contributed by atoms with Crippen LogP contribution in [-0.4, -0.2) is 5.11 Å². The molecule has 0 aliphatic heterocycles. The summed E-state index contributed by atoms with van der Waals surface area (Å²) in [5.41, 5.74) is 2.19. The minimum Gasteiger partial charge on any atom is -0.459 e. The number of aryl methyl sites for hydroxylation is 1. The maximum atomic E-state index is 8.92. The van der Waals surface area contributed by atoms with E-state index in [9.17, 15) is 0 Å². The second kappa shape index (κ2) is 4.21. The Morgan fingerprint density at radius 3 is 2.73 bits per heavy atom. The molecular weight excluding hydrogens is 256 g/mol. The summed E-state index contributed by atoms with van der Waals surface area (Å²) in [4.78, 5) is 0. The van der Waals surface area contributed by atoms with Crippen LogP contribution in [0.15, 0.2) is 39.2 Å². The van der Waals surface area contributed by atoms with Crippen LogP contribution in [0.3, 0.4) is 0 Å². The van der Waals surface area contributed by atoms with E-state index in [-0.39, 0.29) is 6.61 Å². The number of hydrogen-bond acceptors (Lipinski definition) is 2. The van der Waals surface area contributed by atoms with Crippen molar-refractivity contribution < 1.29 is 9.52 Å².